The summed E-state index contributed by atoms with van der Waals surface area (Å²) in [6.07, 6.45) is 2.49. The van der Waals surface area contributed by atoms with Crippen molar-refractivity contribution < 1.29 is 9.90 Å². The van der Waals surface area contributed by atoms with Crippen LogP contribution in [0.4, 0.5) is 4.79 Å². The smallest absolute Gasteiger partial charge is 0.415 e. The van der Waals surface area contributed by atoms with Crippen LogP contribution < -0.4 is 4.72 Å². The summed E-state index contributed by atoms with van der Waals surface area (Å²) < 4.78 is 2.27. The summed E-state index contributed by atoms with van der Waals surface area (Å²) >= 11 is 0. The van der Waals surface area contributed by atoms with Gasteiger partial charge in [0.15, 0.2) is 0 Å². The molecule has 2 N–H and O–H groups in total. The first kappa shape index (κ1) is 14.3. The molecule has 0 radical (unpaired) electrons. The summed E-state index contributed by atoms with van der Waals surface area (Å²) in [5.41, 5.74) is 2.67. The number of nitrogens with one attached hydrogen (secondary N) is 1. The fourth-order valence-corrected chi connectivity index (χ4v) is 3.01. The van der Waals surface area contributed by atoms with Crippen molar-refractivity contribution in [2.24, 2.45) is 0 Å². The Morgan fingerprint density at radius 2 is 2.06 bits per heavy atom. The third-order valence-corrected chi connectivity index (χ3v) is 4.08. The van der Waals surface area contributed by atoms with Gasteiger partial charge >= 0.3 is 6.09 Å². The lowest BCUT2D eigenvalue weighted by Gasteiger charge is -2.08. The third-order valence-electron chi connectivity index (χ3n) is 2.32. The Labute approximate surface area is 110 Å². The first-order valence-electron chi connectivity index (χ1n) is 5.58. The maximum Gasteiger partial charge on any atom is 0.415 e. The molecule has 0 fully saturated rings. The third kappa shape index (κ3) is 5.89. The molecule has 1 amide bonds. The minimum Gasteiger partial charge on any atom is -0.464 e. The van der Waals surface area contributed by atoms with E-state index in [0.717, 1.165) is 23.2 Å². The highest BCUT2D eigenvalue weighted by molar-refractivity contribution is 8.75. The van der Waals surface area contributed by atoms with E-state index >= 15 is 0 Å². The van der Waals surface area contributed by atoms with E-state index in [1.807, 2.05) is 6.07 Å². The van der Waals surface area contributed by atoms with Crippen LogP contribution in [0.25, 0.3) is 0 Å². The van der Waals surface area contributed by atoms with E-state index in [4.69, 9.17) is 5.11 Å². The van der Waals surface area contributed by atoms with E-state index in [0.29, 0.717) is 0 Å². The van der Waals surface area contributed by atoms with E-state index < -0.39 is 6.09 Å². The van der Waals surface area contributed by atoms with Crippen molar-refractivity contribution in [3.8, 4) is 0 Å². The van der Waals surface area contributed by atoms with Gasteiger partial charge in [-0.25, -0.2) is 4.79 Å². The van der Waals surface area contributed by atoms with Gasteiger partial charge in [0.05, 0.1) is 0 Å². The molecule has 0 unspecified atom stereocenters. The first-order valence-corrected chi connectivity index (χ1v) is 7.90. The lowest BCUT2D eigenvalue weighted by molar-refractivity contribution is 0.202. The Hall–Kier alpha value is -0.810. The average Bonchev–Trinajstić information content (AvgIpc) is 2.33. The summed E-state index contributed by atoms with van der Waals surface area (Å²) in [6, 6.07) is 8.35. The van der Waals surface area contributed by atoms with E-state index in [-0.39, 0.29) is 0 Å². The molecule has 1 rings (SSSR count). The molecular formula is C12H17NO2S2. The van der Waals surface area contributed by atoms with Gasteiger partial charge in [-0.05, 0) is 24.0 Å². The number of carboxylic acid groups (broad SMARTS) is 1. The van der Waals surface area contributed by atoms with Crippen LogP contribution >= 0.6 is 21.8 Å². The molecule has 0 aromatic heterocycles. The van der Waals surface area contributed by atoms with E-state index in [1.165, 1.54) is 34.8 Å². The number of amides is 1. The average molecular weight is 271 g/mol. The monoisotopic (exact) mass is 271 g/mol. The second-order valence-corrected chi connectivity index (χ2v) is 5.73. The number of aryl methyl sites for hydroxylation is 1. The molecule has 0 aliphatic carbocycles. The van der Waals surface area contributed by atoms with Crippen LogP contribution in [0, 0.1) is 0 Å². The molecule has 0 heterocycles. The SMILES string of the molecule is CCCCc1ccccc1CSSNC(=O)O. The molecule has 1 aromatic rings. The van der Waals surface area contributed by atoms with Crippen LogP contribution in [0.15, 0.2) is 24.3 Å². The highest BCUT2D eigenvalue weighted by Gasteiger charge is 2.02. The molecule has 1 aromatic carbocycles. The molecule has 94 valence electrons. The van der Waals surface area contributed by atoms with Crippen molar-refractivity contribution in [3.63, 3.8) is 0 Å². The van der Waals surface area contributed by atoms with Crippen molar-refractivity contribution in [3.05, 3.63) is 35.4 Å². The number of carbonyl (C=O) groups is 1. The molecule has 0 saturated carbocycles. The number of benzene rings is 1. The van der Waals surface area contributed by atoms with Crippen LogP contribution in [-0.2, 0) is 12.2 Å². The predicted molar refractivity (Wildman–Crippen MR) is 75.1 cm³/mol. The maximum atomic E-state index is 10.3. The standard InChI is InChI=1S/C12H17NO2S2/c1-2-3-6-10-7-4-5-8-11(10)9-16-17-13-12(14)15/h4-5,7-8,13H,2-3,6,9H2,1H3,(H,14,15). The highest BCUT2D eigenvalue weighted by atomic mass is 33.1. The molecule has 5 heteroatoms. The van der Waals surface area contributed by atoms with Gasteiger partial charge in [0.1, 0.15) is 0 Å². The van der Waals surface area contributed by atoms with Crippen LogP contribution in [0.3, 0.4) is 0 Å². The van der Waals surface area contributed by atoms with E-state index in [9.17, 15) is 4.79 Å². The Bertz CT molecular complexity index is 358. The minimum absolute atomic E-state index is 0.824. The number of hydrogen-bond acceptors (Lipinski definition) is 3. The van der Waals surface area contributed by atoms with Crippen molar-refractivity contribution in [2.75, 3.05) is 0 Å². The second kappa shape index (κ2) is 8.31. The second-order valence-electron chi connectivity index (χ2n) is 3.63. The fraction of sp³-hybridized carbons (Fsp3) is 0.417. The molecule has 0 spiro atoms. The molecule has 0 aliphatic heterocycles. The zero-order valence-electron chi connectivity index (χ0n) is 9.81. The van der Waals surface area contributed by atoms with Crippen LogP contribution in [0.5, 0.6) is 0 Å². The van der Waals surface area contributed by atoms with Gasteiger partial charge in [0.2, 0.25) is 0 Å². The van der Waals surface area contributed by atoms with Gasteiger partial charge in [-0.2, -0.15) is 0 Å². The molecule has 0 bridgehead atoms. The van der Waals surface area contributed by atoms with E-state index in [1.54, 1.807) is 0 Å². The fourth-order valence-electron chi connectivity index (χ4n) is 1.47. The number of hydrogen-bond donors (Lipinski definition) is 2. The van der Waals surface area contributed by atoms with Crippen LogP contribution in [0.2, 0.25) is 0 Å². The molecule has 3 nitrogen and oxygen atoms in total. The molecule has 0 aliphatic rings. The Kier molecular flexibility index (Phi) is 6.96. The lowest BCUT2D eigenvalue weighted by Crippen LogP contribution is -2.09. The Morgan fingerprint density at radius 3 is 2.71 bits per heavy atom. The Morgan fingerprint density at radius 1 is 1.35 bits per heavy atom. The summed E-state index contributed by atoms with van der Waals surface area (Å²) in [7, 11) is 2.66. The van der Waals surface area contributed by atoms with Gasteiger partial charge in [-0.3, -0.25) is 4.72 Å². The largest absolute Gasteiger partial charge is 0.464 e. The highest BCUT2D eigenvalue weighted by Crippen LogP contribution is 2.25. The maximum absolute atomic E-state index is 10.3. The van der Waals surface area contributed by atoms with Crippen molar-refractivity contribution >= 4 is 27.9 Å². The normalized spacial score (nSPS) is 10.2. The zero-order chi connectivity index (χ0) is 12.5. The topological polar surface area (TPSA) is 49.3 Å². The molecule has 0 saturated heterocycles. The van der Waals surface area contributed by atoms with Gasteiger partial charge in [-0.1, -0.05) is 48.4 Å². The first-order chi connectivity index (χ1) is 8.24. The lowest BCUT2D eigenvalue weighted by atomic mass is 10.0. The summed E-state index contributed by atoms with van der Waals surface area (Å²) in [4.78, 5) is 10.3. The van der Waals surface area contributed by atoms with Gasteiger partial charge in [-0.15, -0.1) is 0 Å². The predicted octanol–water partition coefficient (Wildman–Crippen LogP) is 4.09. The molecule has 0 atom stereocenters. The van der Waals surface area contributed by atoms with Crippen molar-refractivity contribution in [1.29, 1.82) is 0 Å². The van der Waals surface area contributed by atoms with E-state index in [2.05, 4.69) is 29.8 Å². The summed E-state index contributed by atoms with van der Waals surface area (Å²) in [5.74, 6) is 0.824. The molecular weight excluding hydrogens is 254 g/mol. The summed E-state index contributed by atoms with van der Waals surface area (Å²) in [6.45, 7) is 2.18. The number of unbranched alkanes of at least 4 members (excludes halogenated alkanes) is 1. The van der Waals surface area contributed by atoms with Crippen LogP contribution in [-0.4, -0.2) is 11.2 Å². The van der Waals surface area contributed by atoms with Crippen molar-refractivity contribution in [1.82, 2.24) is 4.72 Å². The quantitative estimate of drug-likeness (QED) is 0.445. The van der Waals surface area contributed by atoms with Gasteiger partial charge in [0.25, 0.3) is 0 Å². The van der Waals surface area contributed by atoms with Gasteiger partial charge in [0, 0.05) is 16.7 Å². The zero-order valence-corrected chi connectivity index (χ0v) is 11.4. The van der Waals surface area contributed by atoms with Crippen LogP contribution in [0.1, 0.15) is 30.9 Å². The minimum atomic E-state index is -0.998. The molecule has 17 heavy (non-hydrogen) atoms. The van der Waals surface area contributed by atoms with Gasteiger partial charge < -0.3 is 5.11 Å². The number of rotatable bonds is 7. The Balaban J connectivity index is 2.43. The summed E-state index contributed by atoms with van der Waals surface area (Å²) in [5, 5.41) is 8.44. The van der Waals surface area contributed by atoms with Crippen molar-refractivity contribution in [2.45, 2.75) is 31.9 Å².